The highest BCUT2D eigenvalue weighted by atomic mass is 127. The second-order valence-electron chi connectivity index (χ2n) is 6.34. The van der Waals surface area contributed by atoms with E-state index in [1.54, 1.807) is 0 Å². The molecule has 5 nitrogen and oxygen atoms in total. The first-order valence-corrected chi connectivity index (χ1v) is 11.2. The molecule has 2 aromatic rings. The molecule has 0 heterocycles. The number of nitrogens with zero attached hydrogens (tertiary/aromatic N) is 1. The van der Waals surface area contributed by atoms with E-state index in [0.29, 0.717) is 12.1 Å². The highest BCUT2D eigenvalue weighted by Gasteiger charge is 2.18. The summed E-state index contributed by atoms with van der Waals surface area (Å²) in [6.45, 7) is 4.14. The molecule has 0 fully saturated rings. The number of rotatable bonds is 7. The van der Waals surface area contributed by atoms with Gasteiger partial charge < -0.3 is 5.32 Å². The maximum atomic E-state index is 12.2. The van der Waals surface area contributed by atoms with Gasteiger partial charge in [0.05, 0.1) is 11.9 Å². The lowest BCUT2D eigenvalue weighted by molar-refractivity contribution is -0.116. The molecule has 1 N–H and O–H groups in total. The number of amides is 1. The molecular weight excluding hydrogens is 463 g/mol. The molecule has 0 aliphatic carbocycles. The zero-order chi connectivity index (χ0) is 19.3. The van der Waals surface area contributed by atoms with Crippen molar-refractivity contribution >= 4 is 49.9 Å². The number of hydrogen-bond donors (Lipinski definition) is 1. The van der Waals surface area contributed by atoms with E-state index in [0.717, 1.165) is 20.4 Å². The summed E-state index contributed by atoms with van der Waals surface area (Å²) < 4.78 is 26.8. The molecule has 0 atom stereocenters. The Kier molecular flexibility index (Phi) is 7.05. The zero-order valence-electron chi connectivity index (χ0n) is 15.1. The summed E-state index contributed by atoms with van der Waals surface area (Å²) in [7, 11) is -3.41. The predicted molar refractivity (Wildman–Crippen MR) is 115 cm³/mol. The van der Waals surface area contributed by atoms with E-state index in [1.165, 1.54) is 10.6 Å². The van der Waals surface area contributed by atoms with Crippen LogP contribution in [0, 0.1) is 17.4 Å². The van der Waals surface area contributed by atoms with Gasteiger partial charge in [-0.25, -0.2) is 8.42 Å². The van der Waals surface area contributed by atoms with Crippen LogP contribution in [0.2, 0.25) is 0 Å². The Morgan fingerprint density at radius 2 is 1.65 bits per heavy atom. The first-order chi connectivity index (χ1) is 12.1. The van der Waals surface area contributed by atoms with E-state index in [2.05, 4.69) is 27.9 Å². The highest BCUT2D eigenvalue weighted by Crippen LogP contribution is 2.22. The Morgan fingerprint density at radius 3 is 2.19 bits per heavy atom. The monoisotopic (exact) mass is 486 g/mol. The maximum Gasteiger partial charge on any atom is 0.232 e. The van der Waals surface area contributed by atoms with Crippen LogP contribution in [0.15, 0.2) is 42.5 Å². The standard InChI is InChI=1S/C19H23IN2O3S/c1-14-11-15(2)13-18(12-14)22(26(3,24)25)10-4-5-19(23)21-17-8-6-16(20)7-9-17/h6-9,11-13H,4-5,10H2,1-3H3,(H,21,23). The normalized spacial score (nSPS) is 11.2. The quantitative estimate of drug-likeness (QED) is 0.600. The molecule has 2 aromatic carbocycles. The lowest BCUT2D eigenvalue weighted by Crippen LogP contribution is -2.31. The Labute approximate surface area is 169 Å². The van der Waals surface area contributed by atoms with Crippen LogP contribution in [-0.4, -0.2) is 27.1 Å². The molecule has 0 aromatic heterocycles. The van der Waals surface area contributed by atoms with Gasteiger partial charge in [-0.1, -0.05) is 6.07 Å². The van der Waals surface area contributed by atoms with Gasteiger partial charge in [-0.05, 0) is 90.4 Å². The van der Waals surface area contributed by atoms with E-state index < -0.39 is 10.0 Å². The molecule has 0 saturated heterocycles. The predicted octanol–water partition coefficient (Wildman–Crippen LogP) is 4.09. The summed E-state index contributed by atoms with van der Waals surface area (Å²) in [6, 6.07) is 13.2. The number of carbonyl (C=O) groups is 1. The fraction of sp³-hybridized carbons (Fsp3) is 0.316. The number of sulfonamides is 1. The number of hydrogen-bond acceptors (Lipinski definition) is 3. The minimum Gasteiger partial charge on any atom is -0.326 e. The van der Waals surface area contributed by atoms with Crippen LogP contribution in [0.5, 0.6) is 0 Å². The fourth-order valence-electron chi connectivity index (χ4n) is 2.72. The maximum absolute atomic E-state index is 12.2. The van der Waals surface area contributed by atoms with Crippen molar-refractivity contribution in [1.82, 2.24) is 0 Å². The van der Waals surface area contributed by atoms with Crippen molar-refractivity contribution in [2.24, 2.45) is 0 Å². The van der Waals surface area contributed by atoms with Gasteiger partial charge in [0.25, 0.3) is 0 Å². The van der Waals surface area contributed by atoms with Crippen LogP contribution < -0.4 is 9.62 Å². The molecule has 7 heteroatoms. The number of aryl methyl sites for hydroxylation is 2. The van der Waals surface area contributed by atoms with Gasteiger partial charge in [0.1, 0.15) is 0 Å². The Morgan fingerprint density at radius 1 is 1.08 bits per heavy atom. The number of halogens is 1. The van der Waals surface area contributed by atoms with Crippen LogP contribution >= 0.6 is 22.6 Å². The van der Waals surface area contributed by atoms with E-state index in [4.69, 9.17) is 0 Å². The lowest BCUT2D eigenvalue weighted by Gasteiger charge is -2.23. The van der Waals surface area contributed by atoms with Crippen molar-refractivity contribution in [3.05, 3.63) is 57.2 Å². The third-order valence-electron chi connectivity index (χ3n) is 3.79. The van der Waals surface area contributed by atoms with Crippen LogP contribution in [0.25, 0.3) is 0 Å². The molecule has 26 heavy (non-hydrogen) atoms. The summed E-state index contributed by atoms with van der Waals surface area (Å²) in [5, 5.41) is 2.83. The molecule has 1 amide bonds. The molecule has 0 radical (unpaired) electrons. The van der Waals surface area contributed by atoms with Crippen molar-refractivity contribution < 1.29 is 13.2 Å². The zero-order valence-corrected chi connectivity index (χ0v) is 18.1. The van der Waals surface area contributed by atoms with Gasteiger partial charge in [-0.3, -0.25) is 9.10 Å². The number of anilines is 2. The molecule has 0 aliphatic rings. The Balaban J connectivity index is 1.99. The molecule has 0 bridgehead atoms. The highest BCUT2D eigenvalue weighted by molar-refractivity contribution is 14.1. The summed E-state index contributed by atoms with van der Waals surface area (Å²) in [5.74, 6) is -0.125. The van der Waals surface area contributed by atoms with Crippen LogP contribution in [0.1, 0.15) is 24.0 Å². The molecule has 140 valence electrons. The van der Waals surface area contributed by atoms with E-state index in [1.807, 2.05) is 56.3 Å². The smallest absolute Gasteiger partial charge is 0.232 e. The van der Waals surface area contributed by atoms with Gasteiger partial charge >= 0.3 is 0 Å². The van der Waals surface area contributed by atoms with E-state index in [-0.39, 0.29) is 18.9 Å². The SMILES string of the molecule is Cc1cc(C)cc(N(CCCC(=O)Nc2ccc(I)cc2)S(C)(=O)=O)c1. The average Bonchev–Trinajstić information content (AvgIpc) is 2.51. The number of nitrogens with one attached hydrogen (secondary N) is 1. The van der Waals surface area contributed by atoms with E-state index >= 15 is 0 Å². The summed E-state index contributed by atoms with van der Waals surface area (Å²) in [5.41, 5.74) is 3.39. The van der Waals surface area contributed by atoms with E-state index in [9.17, 15) is 13.2 Å². The van der Waals surface area contributed by atoms with Crippen molar-refractivity contribution in [3.8, 4) is 0 Å². The third-order valence-corrected chi connectivity index (χ3v) is 5.70. The number of benzene rings is 2. The first-order valence-electron chi connectivity index (χ1n) is 8.26. The molecule has 2 rings (SSSR count). The van der Waals surface area contributed by atoms with Gasteiger partial charge in [0, 0.05) is 22.2 Å². The minimum absolute atomic E-state index is 0.125. The average molecular weight is 486 g/mol. The van der Waals surface area contributed by atoms with Crippen molar-refractivity contribution in [2.45, 2.75) is 26.7 Å². The van der Waals surface area contributed by atoms with Gasteiger partial charge in [-0.2, -0.15) is 0 Å². The van der Waals surface area contributed by atoms with Crippen LogP contribution in [-0.2, 0) is 14.8 Å². The molecule has 0 saturated carbocycles. The second-order valence-corrected chi connectivity index (χ2v) is 9.49. The number of carbonyl (C=O) groups excluding carboxylic acids is 1. The largest absolute Gasteiger partial charge is 0.326 e. The summed E-state index contributed by atoms with van der Waals surface area (Å²) >= 11 is 2.20. The summed E-state index contributed by atoms with van der Waals surface area (Å²) in [4.78, 5) is 12.1. The van der Waals surface area contributed by atoms with Crippen molar-refractivity contribution in [3.63, 3.8) is 0 Å². The molecular formula is C19H23IN2O3S. The summed E-state index contributed by atoms with van der Waals surface area (Å²) in [6.07, 6.45) is 1.88. The molecule has 0 spiro atoms. The van der Waals surface area contributed by atoms with Crippen molar-refractivity contribution in [1.29, 1.82) is 0 Å². The molecule has 0 unspecified atom stereocenters. The Hall–Kier alpha value is -1.61. The van der Waals surface area contributed by atoms with Gasteiger partial charge in [0.15, 0.2) is 0 Å². The third kappa shape index (κ3) is 6.28. The second kappa shape index (κ2) is 8.85. The minimum atomic E-state index is -3.41. The molecule has 0 aliphatic heterocycles. The van der Waals surface area contributed by atoms with Crippen molar-refractivity contribution in [2.75, 3.05) is 22.4 Å². The topological polar surface area (TPSA) is 66.5 Å². The van der Waals surface area contributed by atoms with Crippen LogP contribution in [0.4, 0.5) is 11.4 Å². The van der Waals surface area contributed by atoms with Gasteiger partial charge in [0.2, 0.25) is 15.9 Å². The first kappa shape index (κ1) is 20.7. The fourth-order valence-corrected chi connectivity index (χ4v) is 4.03. The Bertz CT molecular complexity index is 860. The van der Waals surface area contributed by atoms with Gasteiger partial charge in [-0.15, -0.1) is 0 Å². The van der Waals surface area contributed by atoms with Crippen LogP contribution in [0.3, 0.4) is 0 Å². The lowest BCUT2D eigenvalue weighted by atomic mass is 10.1.